The van der Waals surface area contributed by atoms with Gasteiger partial charge in [-0.1, -0.05) is 125 Å². The molecule has 0 amide bonds. The molecule has 1 aliphatic carbocycles. The van der Waals surface area contributed by atoms with Gasteiger partial charge in [0.1, 0.15) is 11.2 Å². The molecule has 2 aliphatic rings. The number of anilines is 2. The van der Waals surface area contributed by atoms with Gasteiger partial charge in [-0.3, -0.25) is 0 Å². The van der Waals surface area contributed by atoms with Gasteiger partial charge in [0.05, 0.1) is 5.52 Å². The molecule has 4 heterocycles. The summed E-state index contributed by atoms with van der Waals surface area (Å²) in [4.78, 5) is 0. The molecule has 13 rings (SSSR count). The molecule has 1 N–H and O–H groups in total. The van der Waals surface area contributed by atoms with E-state index in [0.29, 0.717) is 0 Å². The van der Waals surface area contributed by atoms with Crippen molar-refractivity contribution >= 4 is 105 Å². The topological polar surface area (TPSA) is 30.1 Å². The molecule has 0 saturated heterocycles. The molecule has 8 aromatic carbocycles. The van der Waals surface area contributed by atoms with Crippen LogP contribution in [0.4, 0.5) is 11.4 Å². The Morgan fingerprint density at radius 3 is 2.22 bits per heavy atom. The Kier molecular flexibility index (Phi) is 6.75. The maximum Gasteiger partial charge on any atom is 0.197 e. The van der Waals surface area contributed by atoms with Gasteiger partial charge in [0.15, 0.2) is 7.28 Å². The second kappa shape index (κ2) is 11.8. The molecule has 0 bridgehead atoms. The Labute approximate surface area is 353 Å². The van der Waals surface area contributed by atoms with Crippen LogP contribution in [0.1, 0.15) is 51.3 Å². The summed E-state index contributed by atoms with van der Waals surface area (Å²) in [6, 6.07) is 54.3. The molecule has 5 heteroatoms. The third kappa shape index (κ3) is 4.67. The van der Waals surface area contributed by atoms with Crippen LogP contribution in [0, 0.1) is 0 Å². The van der Waals surface area contributed by atoms with Crippen LogP contribution in [0.3, 0.4) is 0 Å². The zero-order chi connectivity index (χ0) is 40.2. The van der Waals surface area contributed by atoms with Crippen molar-refractivity contribution in [2.75, 3.05) is 5.32 Å². The number of furan rings is 1. The summed E-state index contributed by atoms with van der Waals surface area (Å²) >= 11 is 1.88. The fourth-order valence-electron chi connectivity index (χ4n) is 10.5. The van der Waals surface area contributed by atoms with Gasteiger partial charge in [-0.25, -0.2) is 0 Å². The molecule has 1 radical (unpaired) electrons. The van der Waals surface area contributed by atoms with Crippen LogP contribution >= 0.6 is 11.3 Å². The number of nitrogens with zero attached hydrogens (tertiary/aromatic N) is 1. The van der Waals surface area contributed by atoms with E-state index in [1.165, 1.54) is 97.5 Å². The molecule has 0 atom stereocenters. The number of para-hydroxylation sites is 1. The van der Waals surface area contributed by atoms with E-state index in [9.17, 15) is 0 Å². The van der Waals surface area contributed by atoms with Crippen LogP contribution in [-0.2, 0) is 10.8 Å². The van der Waals surface area contributed by atoms with Crippen molar-refractivity contribution in [1.82, 2.24) is 4.57 Å². The minimum absolute atomic E-state index is 0.0762. The van der Waals surface area contributed by atoms with E-state index < -0.39 is 0 Å². The molecule has 0 saturated carbocycles. The average Bonchev–Trinajstić information content (AvgIpc) is 3.96. The quantitative estimate of drug-likeness (QED) is 0.181. The molecule has 0 spiro atoms. The van der Waals surface area contributed by atoms with Crippen LogP contribution in [-0.4, -0.2) is 11.8 Å². The zero-order valence-corrected chi connectivity index (χ0v) is 35.0. The van der Waals surface area contributed by atoms with E-state index in [1.807, 2.05) is 11.3 Å². The van der Waals surface area contributed by atoms with Gasteiger partial charge in [0.2, 0.25) is 0 Å². The number of fused-ring (bicyclic) bond motifs is 14. The Bertz CT molecular complexity index is 3670. The molecule has 3 nitrogen and oxygen atoms in total. The number of aromatic nitrogens is 1. The molecule has 0 unspecified atom stereocenters. The van der Waals surface area contributed by atoms with E-state index in [0.717, 1.165) is 33.3 Å². The number of benzene rings is 8. The highest BCUT2D eigenvalue weighted by atomic mass is 32.1. The molecule has 60 heavy (non-hydrogen) atoms. The lowest BCUT2D eigenvalue weighted by atomic mass is 9.59. The van der Waals surface area contributed by atoms with Crippen molar-refractivity contribution in [1.29, 1.82) is 0 Å². The van der Waals surface area contributed by atoms with Crippen molar-refractivity contribution in [3.8, 4) is 27.9 Å². The van der Waals surface area contributed by atoms with Crippen LogP contribution in [0.15, 0.2) is 150 Å². The molecule has 3 aromatic heterocycles. The zero-order valence-electron chi connectivity index (χ0n) is 34.2. The second-order valence-electron chi connectivity index (χ2n) is 18.4. The van der Waals surface area contributed by atoms with Gasteiger partial charge < -0.3 is 14.3 Å². The fraction of sp³-hybridized carbons (Fsp3) is 0.127. The minimum atomic E-state index is -0.136. The average molecular weight is 788 g/mol. The fourth-order valence-corrected chi connectivity index (χ4v) is 11.6. The molecule has 1 aliphatic heterocycles. The van der Waals surface area contributed by atoms with Gasteiger partial charge >= 0.3 is 0 Å². The normalized spacial score (nSPS) is 14.0. The van der Waals surface area contributed by atoms with Crippen LogP contribution in [0.25, 0.3) is 91.9 Å². The number of thiophene rings is 1. The van der Waals surface area contributed by atoms with Crippen molar-refractivity contribution in [2.24, 2.45) is 0 Å². The maximum atomic E-state index is 6.52. The van der Waals surface area contributed by atoms with Crippen LogP contribution in [0.5, 0.6) is 0 Å². The third-order valence-corrected chi connectivity index (χ3v) is 14.7. The van der Waals surface area contributed by atoms with E-state index in [-0.39, 0.29) is 10.8 Å². The van der Waals surface area contributed by atoms with Gasteiger partial charge in [-0.2, -0.15) is 0 Å². The SMILES string of the molecule is CC(C)(C)c1ccc(Nc2cc3c(cc2-c2ccc4c5cc6oc7ccccc7c6cc5n5c4c2[B]c2cc4sc6ccccc6c4cc2-5)-c2ccccc2C3(C)C)cc1. The maximum absolute atomic E-state index is 6.52. The summed E-state index contributed by atoms with van der Waals surface area (Å²) in [6.45, 7) is 11.6. The lowest BCUT2D eigenvalue weighted by Crippen LogP contribution is -2.37. The summed E-state index contributed by atoms with van der Waals surface area (Å²) < 4.78 is 11.7. The highest BCUT2D eigenvalue weighted by Gasteiger charge is 2.37. The van der Waals surface area contributed by atoms with Gasteiger partial charge in [0, 0.05) is 75.3 Å². The van der Waals surface area contributed by atoms with Crippen molar-refractivity contribution in [2.45, 2.75) is 45.4 Å². The van der Waals surface area contributed by atoms with E-state index in [2.05, 4.69) is 197 Å². The smallest absolute Gasteiger partial charge is 0.197 e. The van der Waals surface area contributed by atoms with Crippen LogP contribution in [0.2, 0.25) is 0 Å². The molecular formula is C55H40BN2OS. The number of rotatable bonds is 3. The largest absolute Gasteiger partial charge is 0.456 e. The summed E-state index contributed by atoms with van der Waals surface area (Å²) in [6.07, 6.45) is 0. The lowest BCUT2D eigenvalue weighted by molar-refractivity contribution is 0.590. The molecular weight excluding hydrogens is 747 g/mol. The van der Waals surface area contributed by atoms with Crippen molar-refractivity contribution in [3.05, 3.63) is 162 Å². The molecule has 0 fully saturated rings. The first kappa shape index (κ1) is 34.3. The Morgan fingerprint density at radius 2 is 1.37 bits per heavy atom. The summed E-state index contributed by atoms with van der Waals surface area (Å²) in [5, 5.41) is 11.3. The van der Waals surface area contributed by atoms with E-state index >= 15 is 0 Å². The molecule has 11 aromatic rings. The summed E-state index contributed by atoms with van der Waals surface area (Å²) in [5.41, 5.74) is 19.1. The van der Waals surface area contributed by atoms with E-state index in [1.54, 1.807) is 0 Å². The minimum Gasteiger partial charge on any atom is -0.456 e. The predicted molar refractivity (Wildman–Crippen MR) is 257 cm³/mol. The Balaban J connectivity index is 1.11. The van der Waals surface area contributed by atoms with E-state index in [4.69, 9.17) is 4.42 Å². The first-order valence-corrected chi connectivity index (χ1v) is 21.8. The summed E-state index contributed by atoms with van der Waals surface area (Å²) in [7, 11) is 2.46. The standard InChI is InChI=1S/C55H40BN2OS/c1-54(2,3)30-18-20-31(21-19-30)57-45-28-43-37(32-12-6-9-15-42(32)55(43,4)5)24-38(45)35-22-23-36-39-27-49-40(33-13-7-10-16-48(33)59-49)25-46(39)58-47-26-41-34-14-8-11-17-50(34)60-51(41)29-44(47)56-52(35)53(36)58/h6-29,57H,1-5H3. The number of nitrogens with one attached hydrogen (secondary N) is 1. The van der Waals surface area contributed by atoms with Gasteiger partial charge in [-0.05, 0) is 105 Å². The highest BCUT2D eigenvalue weighted by Crippen LogP contribution is 2.52. The highest BCUT2D eigenvalue weighted by molar-refractivity contribution is 7.26. The lowest BCUT2D eigenvalue weighted by Gasteiger charge is -2.26. The summed E-state index contributed by atoms with van der Waals surface area (Å²) in [5.74, 6) is 0. The Hall–Kier alpha value is -6.56. The number of hydrogen-bond acceptors (Lipinski definition) is 3. The van der Waals surface area contributed by atoms with Crippen molar-refractivity contribution < 1.29 is 4.42 Å². The Morgan fingerprint density at radius 1 is 0.583 bits per heavy atom. The van der Waals surface area contributed by atoms with Gasteiger partial charge in [0.25, 0.3) is 0 Å². The monoisotopic (exact) mass is 787 g/mol. The number of hydrogen-bond donors (Lipinski definition) is 1. The molecule has 285 valence electrons. The third-order valence-electron chi connectivity index (χ3n) is 13.6. The van der Waals surface area contributed by atoms with Gasteiger partial charge in [-0.15, -0.1) is 11.3 Å². The second-order valence-corrected chi connectivity index (χ2v) is 19.5. The predicted octanol–water partition coefficient (Wildman–Crippen LogP) is 14.0. The van der Waals surface area contributed by atoms with Crippen molar-refractivity contribution in [3.63, 3.8) is 0 Å². The van der Waals surface area contributed by atoms with Crippen LogP contribution < -0.4 is 16.2 Å². The first-order valence-electron chi connectivity index (χ1n) is 21.0. The first-order chi connectivity index (χ1) is 29.1.